The van der Waals surface area contributed by atoms with Gasteiger partial charge in [0.25, 0.3) is 5.92 Å². The Morgan fingerprint density at radius 1 is 1.08 bits per heavy atom. The number of hydrogen-bond donors (Lipinski definition) is 1. The monoisotopic (exact) mass is 372 g/mol. The predicted octanol–water partition coefficient (Wildman–Crippen LogP) is 4.99. The van der Waals surface area contributed by atoms with E-state index in [2.05, 4.69) is 0 Å². The van der Waals surface area contributed by atoms with E-state index in [1.165, 1.54) is 18.2 Å². The van der Waals surface area contributed by atoms with Crippen LogP contribution in [0.25, 0.3) is 0 Å². The first-order valence-electron chi connectivity index (χ1n) is 7.41. The molecule has 0 spiro atoms. The summed E-state index contributed by atoms with van der Waals surface area (Å²) in [4.78, 5) is 0.731. The van der Waals surface area contributed by atoms with Crippen LogP contribution in [-0.4, -0.2) is 10.9 Å². The van der Waals surface area contributed by atoms with Crippen LogP contribution in [0.1, 0.15) is 24.4 Å². The topological polar surface area (TPSA) is 29.3 Å². The van der Waals surface area contributed by atoms with Gasteiger partial charge >= 0.3 is 0 Å². The smallest absolute Gasteiger partial charge is 0.273 e. The molecule has 2 aromatic carbocycles. The lowest BCUT2D eigenvalue weighted by Crippen LogP contribution is -2.49. The molecule has 0 aliphatic carbocycles. The Morgan fingerprint density at radius 3 is 2.44 bits per heavy atom. The van der Waals surface area contributed by atoms with Gasteiger partial charge in [0.1, 0.15) is 11.9 Å². The highest BCUT2D eigenvalue weighted by Gasteiger charge is 2.50. The number of rotatable bonds is 2. The second kappa shape index (κ2) is 6.25. The van der Waals surface area contributed by atoms with Crippen molar-refractivity contribution in [2.45, 2.75) is 24.8 Å². The van der Waals surface area contributed by atoms with Crippen LogP contribution in [0.5, 0.6) is 0 Å². The van der Waals surface area contributed by atoms with E-state index in [1.54, 1.807) is 0 Å². The Bertz CT molecular complexity index is 840. The van der Waals surface area contributed by atoms with Crippen molar-refractivity contribution in [2.75, 3.05) is 10.6 Å². The zero-order valence-electron chi connectivity index (χ0n) is 12.8. The van der Waals surface area contributed by atoms with Crippen LogP contribution in [-0.2, 0) is 0 Å². The normalized spacial score (nSPS) is 20.0. The van der Waals surface area contributed by atoms with Gasteiger partial charge in [-0.15, -0.1) is 0 Å². The highest BCUT2D eigenvalue weighted by Crippen LogP contribution is 2.47. The number of nitrogen functional groups attached to an aromatic ring is 1. The SMILES string of the molecule is Nc1cc(F)c(F)c(N2C(=S)CCC(F)(F)C2c2ccccc2F)c1. The molecular formula is C17H13F5N2S. The summed E-state index contributed by atoms with van der Waals surface area (Å²) in [7, 11) is 0. The van der Waals surface area contributed by atoms with E-state index < -0.39 is 41.5 Å². The molecule has 0 radical (unpaired) electrons. The Labute approximate surface area is 146 Å². The second-order valence-corrected chi connectivity index (χ2v) is 6.26. The fourth-order valence-electron chi connectivity index (χ4n) is 2.97. The van der Waals surface area contributed by atoms with Gasteiger partial charge in [0.2, 0.25) is 0 Å². The lowest BCUT2D eigenvalue weighted by atomic mass is 9.90. The molecule has 1 aliphatic rings. The fourth-order valence-corrected chi connectivity index (χ4v) is 3.28. The molecule has 1 unspecified atom stereocenters. The number of piperidine rings is 1. The number of thiocarbonyl (C=S) groups is 1. The number of alkyl halides is 2. The van der Waals surface area contributed by atoms with Crippen molar-refractivity contribution in [1.29, 1.82) is 0 Å². The predicted molar refractivity (Wildman–Crippen MR) is 89.2 cm³/mol. The van der Waals surface area contributed by atoms with Crippen LogP contribution in [0.3, 0.4) is 0 Å². The molecule has 2 N–H and O–H groups in total. The maximum Gasteiger partial charge on any atom is 0.273 e. The van der Waals surface area contributed by atoms with Crippen molar-refractivity contribution in [3.63, 3.8) is 0 Å². The first kappa shape index (κ1) is 17.6. The molecule has 0 saturated carbocycles. The lowest BCUT2D eigenvalue weighted by molar-refractivity contribution is -0.0379. The number of hydrogen-bond acceptors (Lipinski definition) is 2. The third kappa shape index (κ3) is 3.06. The number of nitrogens with two attached hydrogens (primary N) is 1. The van der Waals surface area contributed by atoms with Gasteiger partial charge in [-0.2, -0.15) is 0 Å². The Kier molecular flexibility index (Phi) is 4.40. The Balaban J connectivity index is 2.24. The maximum atomic E-state index is 14.7. The molecule has 132 valence electrons. The zero-order chi connectivity index (χ0) is 18.4. The highest BCUT2D eigenvalue weighted by molar-refractivity contribution is 7.80. The zero-order valence-corrected chi connectivity index (χ0v) is 13.6. The van der Waals surface area contributed by atoms with Crippen molar-refractivity contribution >= 4 is 28.6 Å². The number of nitrogens with zero attached hydrogens (tertiary/aromatic N) is 1. The molecule has 1 saturated heterocycles. The van der Waals surface area contributed by atoms with Crippen LogP contribution >= 0.6 is 12.2 Å². The van der Waals surface area contributed by atoms with E-state index in [0.29, 0.717) is 0 Å². The minimum absolute atomic E-state index is 0.0388. The van der Waals surface area contributed by atoms with E-state index in [-0.39, 0.29) is 22.7 Å². The quantitative estimate of drug-likeness (QED) is 0.457. The molecule has 0 bridgehead atoms. The van der Waals surface area contributed by atoms with Crippen LogP contribution in [0.4, 0.5) is 33.3 Å². The second-order valence-electron chi connectivity index (χ2n) is 5.78. The van der Waals surface area contributed by atoms with Gasteiger partial charge < -0.3 is 10.6 Å². The number of anilines is 2. The summed E-state index contributed by atoms with van der Waals surface area (Å²) >= 11 is 5.12. The molecule has 1 fully saturated rings. The van der Waals surface area contributed by atoms with Crippen molar-refractivity contribution in [2.24, 2.45) is 0 Å². The van der Waals surface area contributed by atoms with Crippen LogP contribution in [0, 0.1) is 17.5 Å². The number of benzene rings is 2. The molecule has 2 nitrogen and oxygen atoms in total. The summed E-state index contributed by atoms with van der Waals surface area (Å²) in [6, 6.07) is 4.80. The standard InChI is InChI=1S/C17H13F5N2S/c18-11-4-2-1-3-10(11)16-17(21,22)6-5-14(25)24(16)13-8-9(23)7-12(19)15(13)20/h1-4,7-8,16H,5-6,23H2. The molecule has 2 aromatic rings. The van der Waals surface area contributed by atoms with E-state index in [0.717, 1.165) is 23.1 Å². The van der Waals surface area contributed by atoms with E-state index in [9.17, 15) is 22.0 Å². The molecule has 0 aromatic heterocycles. The minimum atomic E-state index is -3.40. The summed E-state index contributed by atoms with van der Waals surface area (Å²) < 4.78 is 71.6. The largest absolute Gasteiger partial charge is 0.399 e. The van der Waals surface area contributed by atoms with Crippen molar-refractivity contribution in [3.05, 3.63) is 59.4 Å². The third-order valence-corrected chi connectivity index (χ3v) is 4.49. The average molecular weight is 372 g/mol. The lowest BCUT2D eigenvalue weighted by Gasteiger charge is -2.43. The molecule has 8 heteroatoms. The van der Waals surface area contributed by atoms with E-state index >= 15 is 0 Å². The molecule has 1 atom stereocenters. The average Bonchev–Trinajstić information content (AvgIpc) is 2.54. The number of halogens is 5. The maximum absolute atomic E-state index is 14.7. The van der Waals surface area contributed by atoms with Crippen LogP contribution in [0.15, 0.2) is 36.4 Å². The van der Waals surface area contributed by atoms with Gasteiger partial charge in [0.15, 0.2) is 11.6 Å². The van der Waals surface area contributed by atoms with Gasteiger partial charge in [-0.1, -0.05) is 30.4 Å². The van der Waals surface area contributed by atoms with Gasteiger partial charge in [0.05, 0.1) is 10.7 Å². The highest BCUT2D eigenvalue weighted by atomic mass is 32.1. The summed E-state index contributed by atoms with van der Waals surface area (Å²) in [6.45, 7) is 0. The molecular weight excluding hydrogens is 359 g/mol. The van der Waals surface area contributed by atoms with Crippen molar-refractivity contribution < 1.29 is 22.0 Å². The first-order chi connectivity index (χ1) is 11.7. The molecule has 25 heavy (non-hydrogen) atoms. The first-order valence-corrected chi connectivity index (χ1v) is 7.82. The van der Waals surface area contributed by atoms with Crippen molar-refractivity contribution in [1.82, 2.24) is 0 Å². The van der Waals surface area contributed by atoms with Gasteiger partial charge in [-0.25, -0.2) is 22.0 Å². The molecule has 3 rings (SSSR count). The minimum Gasteiger partial charge on any atom is -0.399 e. The van der Waals surface area contributed by atoms with E-state index in [4.69, 9.17) is 18.0 Å². The third-order valence-electron chi connectivity index (χ3n) is 4.09. The summed E-state index contributed by atoms with van der Waals surface area (Å²) in [5, 5.41) is 0. The molecule has 1 heterocycles. The summed E-state index contributed by atoms with van der Waals surface area (Å²) in [5.74, 6) is -6.95. The molecule has 0 amide bonds. The summed E-state index contributed by atoms with van der Waals surface area (Å²) in [6.07, 6.45) is -0.836. The van der Waals surface area contributed by atoms with Gasteiger partial charge in [-0.05, 0) is 18.2 Å². The van der Waals surface area contributed by atoms with Crippen LogP contribution in [0.2, 0.25) is 0 Å². The fraction of sp³-hybridized carbons (Fsp3) is 0.235. The summed E-state index contributed by atoms with van der Waals surface area (Å²) in [5.41, 5.74) is 4.49. The van der Waals surface area contributed by atoms with Crippen LogP contribution < -0.4 is 10.6 Å². The van der Waals surface area contributed by atoms with E-state index in [1.807, 2.05) is 0 Å². The van der Waals surface area contributed by atoms with Gasteiger partial charge in [-0.3, -0.25) is 0 Å². The Hall–Kier alpha value is -2.22. The van der Waals surface area contributed by atoms with Crippen molar-refractivity contribution in [3.8, 4) is 0 Å². The Morgan fingerprint density at radius 2 is 1.76 bits per heavy atom. The molecule has 1 aliphatic heterocycles. The van der Waals surface area contributed by atoms with Gasteiger partial charge in [0, 0.05) is 24.1 Å².